The zero-order chi connectivity index (χ0) is 29.8. The van der Waals surface area contributed by atoms with Crippen LogP contribution < -0.4 is 5.32 Å². The number of fused-ring (bicyclic) bond motifs is 2. The molecule has 4 heterocycles. The van der Waals surface area contributed by atoms with Gasteiger partial charge in [-0.15, -0.1) is 0 Å². The number of halogens is 1. The Morgan fingerprint density at radius 1 is 0.634 bits per heavy atom. The molecule has 0 aliphatic carbocycles. The Labute approximate surface area is 242 Å². The van der Waals surface area contributed by atoms with Crippen molar-refractivity contribution >= 4 is 53.4 Å². The summed E-state index contributed by atoms with van der Waals surface area (Å²) in [7, 11) is -2.04. The zero-order valence-corrected chi connectivity index (χ0v) is 24.4. The van der Waals surface area contributed by atoms with Gasteiger partial charge in [-0.1, -0.05) is 24.3 Å². The molecule has 41 heavy (non-hydrogen) atoms. The Morgan fingerprint density at radius 3 is 1.24 bits per heavy atom. The monoisotopic (exact) mass is 624 g/mol. The molecular formula is C26H29ClN4O8S2. The topological polar surface area (TPSA) is 158 Å². The van der Waals surface area contributed by atoms with E-state index in [0.717, 1.165) is 16.2 Å². The van der Waals surface area contributed by atoms with Gasteiger partial charge in [0.15, 0.2) is 0 Å². The SMILES string of the molecule is C1CNC1.O=C1c2ccccc2C(=O)N1CCS(=O)(=O)Cl.O=C1c2ccccc2C(=O)N1CCS(=O)(=O)N1CCC1. The highest BCUT2D eigenvalue weighted by Gasteiger charge is 2.37. The first-order valence-electron chi connectivity index (χ1n) is 12.9. The van der Waals surface area contributed by atoms with Gasteiger partial charge in [0, 0.05) is 36.9 Å². The van der Waals surface area contributed by atoms with Crippen molar-refractivity contribution in [2.45, 2.75) is 12.8 Å². The summed E-state index contributed by atoms with van der Waals surface area (Å²) in [5.74, 6) is -2.44. The molecule has 0 aromatic heterocycles. The molecule has 4 aliphatic rings. The van der Waals surface area contributed by atoms with E-state index in [-0.39, 0.29) is 18.8 Å². The lowest BCUT2D eigenvalue weighted by atomic mass is 10.1. The fourth-order valence-corrected chi connectivity index (χ4v) is 6.26. The van der Waals surface area contributed by atoms with E-state index in [0.29, 0.717) is 35.3 Å². The van der Waals surface area contributed by atoms with Crippen LogP contribution in [0.15, 0.2) is 48.5 Å². The van der Waals surface area contributed by atoms with Gasteiger partial charge in [0.05, 0.1) is 33.8 Å². The molecule has 0 unspecified atom stereocenters. The van der Waals surface area contributed by atoms with Crippen molar-refractivity contribution < 1.29 is 36.0 Å². The van der Waals surface area contributed by atoms with Gasteiger partial charge in [0.2, 0.25) is 19.1 Å². The maximum Gasteiger partial charge on any atom is 0.261 e. The van der Waals surface area contributed by atoms with Crippen molar-refractivity contribution in [1.82, 2.24) is 19.4 Å². The highest BCUT2D eigenvalue weighted by Crippen LogP contribution is 2.24. The lowest BCUT2D eigenvalue weighted by Gasteiger charge is -2.30. The number of imide groups is 2. The van der Waals surface area contributed by atoms with Crippen molar-refractivity contribution in [3.05, 3.63) is 70.8 Å². The first-order chi connectivity index (χ1) is 19.4. The smallest absolute Gasteiger partial charge is 0.261 e. The minimum absolute atomic E-state index is 0.0921. The van der Waals surface area contributed by atoms with E-state index in [1.165, 1.54) is 35.9 Å². The number of carbonyl (C=O) groups is 4. The average molecular weight is 625 g/mol. The molecule has 0 bridgehead atoms. The maximum atomic E-state index is 12.1. The number of nitrogens with zero attached hydrogens (tertiary/aromatic N) is 3. The van der Waals surface area contributed by atoms with Crippen LogP contribution in [0.3, 0.4) is 0 Å². The third-order valence-corrected chi connectivity index (χ3v) is 9.79. The first-order valence-corrected chi connectivity index (χ1v) is 17.0. The van der Waals surface area contributed by atoms with E-state index in [2.05, 4.69) is 5.32 Å². The molecule has 0 radical (unpaired) electrons. The van der Waals surface area contributed by atoms with Crippen molar-refractivity contribution in [3.8, 4) is 0 Å². The van der Waals surface area contributed by atoms with Crippen molar-refractivity contribution in [2.75, 3.05) is 50.8 Å². The second-order valence-corrected chi connectivity index (χ2v) is 14.5. The number of carbonyl (C=O) groups excluding carboxylic acids is 4. The van der Waals surface area contributed by atoms with Crippen LogP contribution in [-0.4, -0.2) is 105 Å². The van der Waals surface area contributed by atoms with Gasteiger partial charge in [-0.05, 0) is 50.2 Å². The lowest BCUT2D eigenvalue weighted by Crippen LogP contribution is -2.45. The van der Waals surface area contributed by atoms with Gasteiger partial charge in [-0.3, -0.25) is 29.0 Å². The average Bonchev–Trinajstić information content (AvgIpc) is 3.24. The largest absolute Gasteiger partial charge is 0.317 e. The van der Waals surface area contributed by atoms with Crippen molar-refractivity contribution in [3.63, 3.8) is 0 Å². The summed E-state index contributed by atoms with van der Waals surface area (Å²) in [5.41, 5.74) is 1.28. The molecule has 4 aliphatic heterocycles. The van der Waals surface area contributed by atoms with Gasteiger partial charge in [-0.2, -0.15) is 0 Å². The Hall–Kier alpha value is -3.17. The number of hydrogen-bond acceptors (Lipinski definition) is 9. The van der Waals surface area contributed by atoms with E-state index in [1.807, 2.05) is 0 Å². The Kier molecular flexibility index (Phi) is 9.59. The molecule has 220 valence electrons. The standard InChI is InChI=1S/C13H14N2O4S.C10H8ClNO4S.C3H7N/c16-12-10-4-1-2-5-11(10)13(17)15(12)8-9-20(18,19)14-6-3-7-14;11-17(15,16)6-5-12-9(13)7-3-1-2-4-8(7)10(12)14;1-2-4-3-1/h1-2,4-5H,3,6-9H2;1-4H,5-6H2;4H,1-3H2. The molecule has 15 heteroatoms. The number of nitrogens with one attached hydrogen (secondary N) is 1. The molecule has 2 aromatic carbocycles. The number of amides is 4. The van der Waals surface area contributed by atoms with Crippen LogP contribution >= 0.6 is 10.7 Å². The van der Waals surface area contributed by atoms with Crippen LogP contribution in [0.1, 0.15) is 54.3 Å². The summed E-state index contributed by atoms with van der Waals surface area (Å²) in [6.45, 7) is 3.25. The van der Waals surface area contributed by atoms with E-state index >= 15 is 0 Å². The predicted molar refractivity (Wildman–Crippen MR) is 151 cm³/mol. The maximum absolute atomic E-state index is 12.1. The van der Waals surface area contributed by atoms with Crippen molar-refractivity contribution in [1.29, 1.82) is 0 Å². The third kappa shape index (κ3) is 7.19. The van der Waals surface area contributed by atoms with E-state index < -0.39 is 48.5 Å². The van der Waals surface area contributed by atoms with Crippen LogP contribution in [-0.2, 0) is 19.1 Å². The highest BCUT2D eigenvalue weighted by molar-refractivity contribution is 8.13. The lowest BCUT2D eigenvalue weighted by molar-refractivity contribution is 0.0648. The molecule has 2 saturated heterocycles. The molecule has 0 spiro atoms. The Balaban J connectivity index is 0.000000168. The van der Waals surface area contributed by atoms with Crippen LogP contribution in [0.5, 0.6) is 0 Å². The fourth-order valence-electron chi connectivity index (χ4n) is 4.16. The minimum atomic E-state index is -3.72. The minimum Gasteiger partial charge on any atom is -0.317 e. The molecule has 2 fully saturated rings. The number of benzene rings is 2. The predicted octanol–water partition coefficient (Wildman–Crippen LogP) is 1.15. The highest BCUT2D eigenvalue weighted by atomic mass is 35.7. The number of sulfonamides is 1. The van der Waals surface area contributed by atoms with E-state index in [4.69, 9.17) is 10.7 Å². The van der Waals surface area contributed by atoms with Crippen LogP contribution in [0, 0.1) is 0 Å². The molecule has 0 saturated carbocycles. The van der Waals surface area contributed by atoms with Gasteiger partial charge in [-0.25, -0.2) is 21.1 Å². The molecular weight excluding hydrogens is 596 g/mol. The molecule has 1 N–H and O–H groups in total. The summed E-state index contributed by atoms with van der Waals surface area (Å²) < 4.78 is 46.8. The van der Waals surface area contributed by atoms with Crippen molar-refractivity contribution in [2.24, 2.45) is 0 Å². The molecule has 4 amide bonds. The molecule has 12 nitrogen and oxygen atoms in total. The summed E-state index contributed by atoms with van der Waals surface area (Å²) in [4.78, 5) is 49.6. The van der Waals surface area contributed by atoms with Crippen LogP contribution in [0.25, 0.3) is 0 Å². The first kappa shape index (κ1) is 30.8. The van der Waals surface area contributed by atoms with Crippen LogP contribution in [0.4, 0.5) is 0 Å². The van der Waals surface area contributed by atoms with E-state index in [1.54, 1.807) is 36.4 Å². The summed E-state index contributed by atoms with van der Waals surface area (Å²) >= 11 is 0. The number of hydrogen-bond donors (Lipinski definition) is 1. The van der Waals surface area contributed by atoms with Gasteiger partial charge in [0.25, 0.3) is 23.6 Å². The Morgan fingerprint density at radius 2 is 0.976 bits per heavy atom. The summed E-state index contributed by atoms with van der Waals surface area (Å²) in [5, 5.41) is 3.11. The molecule has 6 rings (SSSR count). The zero-order valence-electron chi connectivity index (χ0n) is 22.0. The second-order valence-electron chi connectivity index (χ2n) is 9.53. The summed E-state index contributed by atoms with van der Waals surface area (Å²) in [6, 6.07) is 12.9. The third-order valence-electron chi connectivity index (χ3n) is 6.80. The van der Waals surface area contributed by atoms with Gasteiger partial charge < -0.3 is 5.32 Å². The second kappa shape index (κ2) is 12.8. The normalized spacial score (nSPS) is 18.0. The van der Waals surface area contributed by atoms with Crippen LogP contribution in [0.2, 0.25) is 0 Å². The fraction of sp³-hybridized carbons (Fsp3) is 0.385. The van der Waals surface area contributed by atoms with Gasteiger partial charge in [0.1, 0.15) is 0 Å². The molecule has 2 aromatic rings. The van der Waals surface area contributed by atoms with Gasteiger partial charge >= 0.3 is 0 Å². The summed E-state index contributed by atoms with van der Waals surface area (Å²) in [6.07, 6.45) is 2.26. The number of rotatable bonds is 7. The Bertz CT molecular complexity index is 1500. The van der Waals surface area contributed by atoms with E-state index in [9.17, 15) is 36.0 Å². The molecule has 0 atom stereocenters. The quantitative estimate of drug-likeness (QED) is 0.352.